The van der Waals surface area contributed by atoms with Crippen molar-refractivity contribution < 1.29 is 19.1 Å². The van der Waals surface area contributed by atoms with Crippen LogP contribution in [0.5, 0.6) is 11.5 Å². The SMILES string of the molecule is COc1ccc(C(=O)NNC(=O)c2ccccc2OCc2ccccc2)cc1Br. The van der Waals surface area contributed by atoms with E-state index >= 15 is 0 Å². The maximum atomic E-state index is 12.5. The summed E-state index contributed by atoms with van der Waals surface area (Å²) in [4.78, 5) is 24.9. The predicted octanol–water partition coefficient (Wildman–Crippen LogP) is 4.11. The molecule has 0 aliphatic rings. The predicted molar refractivity (Wildman–Crippen MR) is 113 cm³/mol. The number of hydrogen-bond donors (Lipinski definition) is 2. The highest BCUT2D eigenvalue weighted by atomic mass is 79.9. The number of halogens is 1. The molecule has 29 heavy (non-hydrogen) atoms. The van der Waals surface area contributed by atoms with Crippen LogP contribution in [0, 0.1) is 0 Å². The average molecular weight is 455 g/mol. The third kappa shape index (κ3) is 5.36. The number of hydrazine groups is 1. The smallest absolute Gasteiger partial charge is 0.273 e. The molecular formula is C22H19BrN2O4. The topological polar surface area (TPSA) is 76.7 Å². The number of para-hydroxylation sites is 1. The lowest BCUT2D eigenvalue weighted by Gasteiger charge is -2.13. The minimum Gasteiger partial charge on any atom is -0.496 e. The zero-order valence-electron chi connectivity index (χ0n) is 15.6. The Hall–Kier alpha value is -3.32. The number of carbonyl (C=O) groups is 2. The molecule has 3 aromatic rings. The highest BCUT2D eigenvalue weighted by molar-refractivity contribution is 9.10. The van der Waals surface area contributed by atoms with Crippen molar-refractivity contribution in [1.29, 1.82) is 0 Å². The molecule has 2 N–H and O–H groups in total. The summed E-state index contributed by atoms with van der Waals surface area (Å²) in [7, 11) is 1.54. The van der Waals surface area contributed by atoms with Gasteiger partial charge in [-0.3, -0.25) is 20.4 Å². The second kappa shape index (κ2) is 9.75. The number of benzene rings is 3. The summed E-state index contributed by atoms with van der Waals surface area (Å²) >= 11 is 3.33. The Bertz CT molecular complexity index is 1010. The highest BCUT2D eigenvalue weighted by Crippen LogP contribution is 2.25. The molecule has 3 rings (SSSR count). The standard InChI is InChI=1S/C22H19BrN2O4/c1-28-20-12-11-16(13-18(20)23)21(26)24-25-22(27)17-9-5-6-10-19(17)29-14-15-7-3-2-4-8-15/h2-13H,14H2,1H3,(H,24,26)(H,25,27). The van der Waals surface area contributed by atoms with E-state index in [0.717, 1.165) is 5.56 Å². The van der Waals surface area contributed by atoms with Crippen LogP contribution in [0.3, 0.4) is 0 Å². The summed E-state index contributed by atoms with van der Waals surface area (Å²) in [5.74, 6) is 0.101. The fraction of sp³-hybridized carbons (Fsp3) is 0.0909. The van der Waals surface area contributed by atoms with Crippen LogP contribution in [0.25, 0.3) is 0 Å². The van der Waals surface area contributed by atoms with E-state index in [1.807, 2.05) is 30.3 Å². The molecule has 7 heteroatoms. The van der Waals surface area contributed by atoms with Gasteiger partial charge in [0.2, 0.25) is 0 Å². The monoisotopic (exact) mass is 454 g/mol. The van der Waals surface area contributed by atoms with E-state index in [1.54, 1.807) is 42.5 Å². The molecule has 0 heterocycles. The lowest BCUT2D eigenvalue weighted by molar-refractivity contribution is 0.0844. The molecule has 0 aliphatic carbocycles. The van der Waals surface area contributed by atoms with E-state index in [1.165, 1.54) is 7.11 Å². The molecule has 2 amide bonds. The van der Waals surface area contributed by atoms with E-state index in [9.17, 15) is 9.59 Å². The summed E-state index contributed by atoms with van der Waals surface area (Å²) in [5.41, 5.74) is 6.50. The van der Waals surface area contributed by atoms with Crippen molar-refractivity contribution in [2.24, 2.45) is 0 Å². The number of ether oxygens (including phenoxy) is 2. The number of methoxy groups -OCH3 is 1. The molecule has 0 atom stereocenters. The minimum absolute atomic E-state index is 0.319. The summed E-state index contributed by atoms with van der Waals surface area (Å²) in [5, 5.41) is 0. The van der Waals surface area contributed by atoms with Crippen molar-refractivity contribution in [3.05, 3.63) is 94.0 Å². The Morgan fingerprint density at radius 2 is 1.55 bits per heavy atom. The van der Waals surface area contributed by atoms with Crippen molar-refractivity contribution in [2.75, 3.05) is 7.11 Å². The fourth-order valence-electron chi connectivity index (χ4n) is 2.58. The molecule has 0 saturated carbocycles. The van der Waals surface area contributed by atoms with Gasteiger partial charge in [-0.05, 0) is 51.8 Å². The quantitative estimate of drug-likeness (QED) is 0.549. The first kappa shape index (κ1) is 20.4. The van der Waals surface area contributed by atoms with Crippen LogP contribution in [0.15, 0.2) is 77.3 Å². The molecule has 3 aromatic carbocycles. The first-order chi connectivity index (χ1) is 14.1. The van der Waals surface area contributed by atoms with Crippen LogP contribution in [0.1, 0.15) is 26.3 Å². The summed E-state index contributed by atoms with van der Waals surface area (Å²) in [6, 6.07) is 21.4. The Kier molecular flexibility index (Phi) is 6.86. The molecule has 0 saturated heterocycles. The molecule has 0 aliphatic heterocycles. The Labute approximate surface area is 176 Å². The fourth-order valence-corrected chi connectivity index (χ4v) is 3.12. The molecular weight excluding hydrogens is 436 g/mol. The van der Waals surface area contributed by atoms with Gasteiger partial charge < -0.3 is 9.47 Å². The second-order valence-electron chi connectivity index (χ2n) is 6.03. The first-order valence-corrected chi connectivity index (χ1v) is 9.58. The van der Waals surface area contributed by atoms with E-state index in [4.69, 9.17) is 9.47 Å². The van der Waals surface area contributed by atoms with Crippen LogP contribution >= 0.6 is 15.9 Å². The number of hydrogen-bond acceptors (Lipinski definition) is 4. The number of carbonyl (C=O) groups excluding carboxylic acids is 2. The van der Waals surface area contributed by atoms with Gasteiger partial charge in [0.05, 0.1) is 17.1 Å². The average Bonchev–Trinajstić information content (AvgIpc) is 2.76. The van der Waals surface area contributed by atoms with Gasteiger partial charge in [-0.1, -0.05) is 42.5 Å². The summed E-state index contributed by atoms with van der Waals surface area (Å²) in [6.07, 6.45) is 0. The Morgan fingerprint density at radius 1 is 0.862 bits per heavy atom. The van der Waals surface area contributed by atoms with Gasteiger partial charge in [-0.15, -0.1) is 0 Å². The van der Waals surface area contributed by atoms with Gasteiger partial charge >= 0.3 is 0 Å². The van der Waals surface area contributed by atoms with Gasteiger partial charge in [0, 0.05) is 5.56 Å². The highest BCUT2D eigenvalue weighted by Gasteiger charge is 2.14. The zero-order valence-corrected chi connectivity index (χ0v) is 17.2. The van der Waals surface area contributed by atoms with E-state index in [0.29, 0.717) is 33.7 Å². The normalized spacial score (nSPS) is 10.1. The Morgan fingerprint density at radius 3 is 2.28 bits per heavy atom. The van der Waals surface area contributed by atoms with Gasteiger partial charge in [0.15, 0.2) is 0 Å². The van der Waals surface area contributed by atoms with Crippen molar-refractivity contribution in [1.82, 2.24) is 10.9 Å². The first-order valence-electron chi connectivity index (χ1n) is 8.78. The number of amides is 2. The summed E-state index contributed by atoms with van der Waals surface area (Å²) < 4.78 is 11.6. The maximum absolute atomic E-state index is 12.5. The van der Waals surface area contributed by atoms with E-state index in [2.05, 4.69) is 26.8 Å². The zero-order chi connectivity index (χ0) is 20.6. The second-order valence-corrected chi connectivity index (χ2v) is 6.88. The van der Waals surface area contributed by atoms with Crippen LogP contribution in [-0.4, -0.2) is 18.9 Å². The largest absolute Gasteiger partial charge is 0.496 e. The molecule has 0 fully saturated rings. The van der Waals surface area contributed by atoms with Crippen molar-refractivity contribution in [3.8, 4) is 11.5 Å². The van der Waals surface area contributed by atoms with Gasteiger partial charge in [0.25, 0.3) is 11.8 Å². The molecule has 0 unspecified atom stereocenters. The van der Waals surface area contributed by atoms with Crippen molar-refractivity contribution >= 4 is 27.7 Å². The molecule has 148 valence electrons. The molecule has 0 spiro atoms. The van der Waals surface area contributed by atoms with Gasteiger partial charge in [-0.2, -0.15) is 0 Å². The van der Waals surface area contributed by atoms with Crippen LogP contribution in [0.2, 0.25) is 0 Å². The molecule has 6 nitrogen and oxygen atoms in total. The van der Waals surface area contributed by atoms with Gasteiger partial charge in [0.1, 0.15) is 18.1 Å². The van der Waals surface area contributed by atoms with E-state index in [-0.39, 0.29) is 0 Å². The Balaban J connectivity index is 1.63. The number of nitrogens with one attached hydrogen (secondary N) is 2. The van der Waals surface area contributed by atoms with Crippen molar-refractivity contribution in [3.63, 3.8) is 0 Å². The van der Waals surface area contributed by atoms with Crippen LogP contribution in [-0.2, 0) is 6.61 Å². The third-order valence-corrected chi connectivity index (χ3v) is 4.69. The summed E-state index contributed by atoms with van der Waals surface area (Å²) in [6.45, 7) is 0.331. The number of rotatable bonds is 6. The lowest BCUT2D eigenvalue weighted by Crippen LogP contribution is -2.41. The lowest BCUT2D eigenvalue weighted by atomic mass is 10.2. The van der Waals surface area contributed by atoms with Crippen molar-refractivity contribution in [2.45, 2.75) is 6.61 Å². The minimum atomic E-state index is -0.477. The molecule has 0 radical (unpaired) electrons. The third-order valence-electron chi connectivity index (χ3n) is 4.07. The van der Waals surface area contributed by atoms with Gasteiger partial charge in [-0.25, -0.2) is 0 Å². The maximum Gasteiger partial charge on any atom is 0.273 e. The van der Waals surface area contributed by atoms with E-state index < -0.39 is 11.8 Å². The van der Waals surface area contributed by atoms with Crippen LogP contribution in [0.4, 0.5) is 0 Å². The van der Waals surface area contributed by atoms with Crippen LogP contribution < -0.4 is 20.3 Å². The molecule has 0 bridgehead atoms. The molecule has 0 aromatic heterocycles.